The average Bonchev–Trinajstić information content (AvgIpc) is 2.68. The van der Waals surface area contributed by atoms with Crippen LogP contribution >= 0.6 is 11.8 Å². The van der Waals surface area contributed by atoms with Crippen LogP contribution in [0.2, 0.25) is 0 Å². The maximum absolute atomic E-state index is 7.73. The number of hydrogen-bond acceptors (Lipinski definition) is 7. The Morgan fingerprint density at radius 3 is 2.69 bits per heavy atom. The zero-order valence-electron chi connectivity index (χ0n) is 15.0. The van der Waals surface area contributed by atoms with Gasteiger partial charge in [-0.15, -0.1) is 11.8 Å². The molecule has 0 radical (unpaired) electrons. The van der Waals surface area contributed by atoms with Crippen molar-refractivity contribution in [2.45, 2.75) is 11.8 Å². The molecule has 1 aromatic heterocycles. The van der Waals surface area contributed by atoms with Gasteiger partial charge in [-0.1, -0.05) is 18.2 Å². The quantitative estimate of drug-likeness (QED) is 0.477. The minimum absolute atomic E-state index is 0.551. The molecule has 1 saturated heterocycles. The predicted molar refractivity (Wildman–Crippen MR) is 109 cm³/mol. The van der Waals surface area contributed by atoms with Gasteiger partial charge in [0.25, 0.3) is 0 Å². The summed E-state index contributed by atoms with van der Waals surface area (Å²) in [5, 5.41) is 7.73. The van der Waals surface area contributed by atoms with Gasteiger partial charge in [-0.3, -0.25) is 0 Å². The van der Waals surface area contributed by atoms with Gasteiger partial charge in [0.15, 0.2) is 5.82 Å². The topological polar surface area (TPSA) is 88.1 Å². The van der Waals surface area contributed by atoms with Gasteiger partial charge in [0.05, 0.1) is 23.8 Å². The van der Waals surface area contributed by atoms with Gasteiger partial charge >= 0.3 is 0 Å². The lowest BCUT2D eigenvalue weighted by molar-refractivity contribution is 0.122. The van der Waals surface area contributed by atoms with Crippen molar-refractivity contribution in [2.75, 3.05) is 43.2 Å². The highest BCUT2D eigenvalue weighted by Crippen LogP contribution is 2.34. The SMILES string of the molecule is C/C=C/c1nc(-c2cccc(N)c2C=N)nc(N2CCOCC2)c1SC. The van der Waals surface area contributed by atoms with Gasteiger partial charge in [0, 0.05) is 36.1 Å². The molecule has 26 heavy (non-hydrogen) atoms. The van der Waals surface area contributed by atoms with Gasteiger partial charge < -0.3 is 20.8 Å². The summed E-state index contributed by atoms with van der Waals surface area (Å²) < 4.78 is 5.49. The standard InChI is InChI=1S/C19H23N5OS/c1-3-5-16-17(26-2)19(24-8-10-25-11-9-24)23-18(22-16)13-6-4-7-15(21)14(13)12-20/h3-7,12,20H,8-11,21H2,1-2H3/b5-3+,20-12?. The van der Waals surface area contributed by atoms with E-state index in [0.717, 1.165) is 35.1 Å². The van der Waals surface area contributed by atoms with E-state index in [0.29, 0.717) is 30.3 Å². The first-order chi connectivity index (χ1) is 12.7. The zero-order chi connectivity index (χ0) is 18.5. The van der Waals surface area contributed by atoms with E-state index in [2.05, 4.69) is 4.90 Å². The number of allylic oxidation sites excluding steroid dienone is 1. The predicted octanol–water partition coefficient (Wildman–Crippen LogP) is 3.32. The van der Waals surface area contributed by atoms with E-state index >= 15 is 0 Å². The van der Waals surface area contributed by atoms with Crippen LogP contribution in [-0.2, 0) is 4.74 Å². The Labute approximate surface area is 158 Å². The van der Waals surface area contributed by atoms with E-state index in [1.165, 1.54) is 6.21 Å². The summed E-state index contributed by atoms with van der Waals surface area (Å²) in [6.45, 7) is 4.96. The van der Waals surface area contributed by atoms with Crippen LogP contribution < -0.4 is 10.6 Å². The highest BCUT2D eigenvalue weighted by Gasteiger charge is 2.21. The maximum Gasteiger partial charge on any atom is 0.162 e. The van der Waals surface area contributed by atoms with E-state index in [1.54, 1.807) is 17.8 Å². The Bertz CT molecular complexity index is 831. The summed E-state index contributed by atoms with van der Waals surface area (Å²) >= 11 is 1.64. The molecule has 1 aliphatic rings. The summed E-state index contributed by atoms with van der Waals surface area (Å²) in [6.07, 6.45) is 7.28. The van der Waals surface area contributed by atoms with E-state index in [9.17, 15) is 0 Å². The van der Waals surface area contributed by atoms with E-state index < -0.39 is 0 Å². The van der Waals surface area contributed by atoms with Crippen molar-refractivity contribution in [1.82, 2.24) is 9.97 Å². The Balaban J connectivity index is 2.22. The molecule has 0 unspecified atom stereocenters. The zero-order valence-corrected chi connectivity index (χ0v) is 15.8. The minimum Gasteiger partial charge on any atom is -0.398 e. The lowest BCUT2D eigenvalue weighted by atomic mass is 10.1. The second-order valence-corrected chi connectivity index (χ2v) is 6.66. The third-order valence-electron chi connectivity index (χ3n) is 4.24. The molecule has 1 fully saturated rings. The van der Waals surface area contributed by atoms with Crippen LogP contribution in [0.15, 0.2) is 29.2 Å². The molecule has 0 amide bonds. The molecule has 0 aliphatic carbocycles. The number of rotatable bonds is 5. The third kappa shape index (κ3) is 3.59. The third-order valence-corrected chi connectivity index (χ3v) is 5.04. The highest BCUT2D eigenvalue weighted by atomic mass is 32.2. The smallest absolute Gasteiger partial charge is 0.162 e. The van der Waals surface area contributed by atoms with Gasteiger partial charge in [-0.05, 0) is 25.3 Å². The number of morpholine rings is 1. The maximum atomic E-state index is 7.73. The Morgan fingerprint density at radius 1 is 1.27 bits per heavy atom. The first kappa shape index (κ1) is 18.4. The number of nitrogens with two attached hydrogens (primary N) is 1. The molecule has 0 atom stereocenters. The van der Waals surface area contributed by atoms with Crippen LogP contribution in [0, 0.1) is 5.41 Å². The van der Waals surface area contributed by atoms with Crippen molar-refractivity contribution in [2.24, 2.45) is 0 Å². The number of thioether (sulfide) groups is 1. The molecule has 7 heteroatoms. The van der Waals surface area contributed by atoms with Crippen LogP contribution in [0.4, 0.5) is 11.5 Å². The van der Waals surface area contributed by atoms with Crippen molar-refractivity contribution in [3.8, 4) is 11.4 Å². The molecule has 1 aromatic carbocycles. The molecule has 0 bridgehead atoms. The Morgan fingerprint density at radius 2 is 2.04 bits per heavy atom. The molecule has 1 aliphatic heterocycles. The van der Waals surface area contributed by atoms with E-state index in [4.69, 9.17) is 25.8 Å². The molecule has 2 aromatic rings. The van der Waals surface area contributed by atoms with Gasteiger partial charge in [0.2, 0.25) is 0 Å². The molecule has 3 N–H and O–H groups in total. The fourth-order valence-electron chi connectivity index (χ4n) is 2.97. The first-order valence-corrected chi connectivity index (χ1v) is 9.72. The molecule has 2 heterocycles. The number of nitrogen functional groups attached to an aromatic ring is 1. The van der Waals surface area contributed by atoms with Crippen LogP contribution in [0.1, 0.15) is 18.2 Å². The molecule has 3 rings (SSSR count). The largest absolute Gasteiger partial charge is 0.398 e. The van der Waals surface area contributed by atoms with E-state index in [1.807, 2.05) is 37.5 Å². The summed E-state index contributed by atoms with van der Waals surface area (Å²) in [7, 11) is 0. The Hall–Kier alpha value is -2.38. The second kappa shape index (κ2) is 8.33. The minimum atomic E-state index is 0.551. The summed E-state index contributed by atoms with van der Waals surface area (Å²) in [5.41, 5.74) is 8.90. The lowest BCUT2D eigenvalue weighted by Crippen LogP contribution is -2.37. The molecule has 0 spiro atoms. The molecule has 0 saturated carbocycles. The Kier molecular flexibility index (Phi) is 5.90. The number of benzene rings is 1. The van der Waals surface area contributed by atoms with Crippen LogP contribution in [0.5, 0.6) is 0 Å². The average molecular weight is 369 g/mol. The number of hydrogen-bond donors (Lipinski definition) is 2. The first-order valence-electron chi connectivity index (χ1n) is 8.50. The van der Waals surface area contributed by atoms with Gasteiger partial charge in [-0.25, -0.2) is 9.97 Å². The molecule has 6 nitrogen and oxygen atoms in total. The van der Waals surface area contributed by atoms with Crippen molar-refractivity contribution >= 4 is 35.6 Å². The molecular weight excluding hydrogens is 346 g/mol. The van der Waals surface area contributed by atoms with Gasteiger partial charge in [-0.2, -0.15) is 0 Å². The van der Waals surface area contributed by atoms with Crippen LogP contribution in [0.25, 0.3) is 17.5 Å². The molecular formula is C19H23N5OS. The summed E-state index contributed by atoms with van der Waals surface area (Å²) in [5.74, 6) is 1.50. The van der Waals surface area contributed by atoms with Crippen LogP contribution in [-0.4, -0.2) is 48.7 Å². The van der Waals surface area contributed by atoms with Crippen molar-refractivity contribution in [3.05, 3.63) is 35.5 Å². The summed E-state index contributed by atoms with van der Waals surface area (Å²) in [4.78, 5) is 12.9. The number of anilines is 2. The molecule has 136 valence electrons. The van der Waals surface area contributed by atoms with Crippen molar-refractivity contribution < 1.29 is 4.74 Å². The normalized spacial score (nSPS) is 14.8. The number of ether oxygens (including phenoxy) is 1. The van der Waals surface area contributed by atoms with Crippen molar-refractivity contribution in [3.63, 3.8) is 0 Å². The number of nitrogens with one attached hydrogen (secondary N) is 1. The number of aromatic nitrogens is 2. The fraction of sp³-hybridized carbons (Fsp3) is 0.316. The van der Waals surface area contributed by atoms with Crippen molar-refractivity contribution in [1.29, 1.82) is 5.41 Å². The van der Waals surface area contributed by atoms with Crippen LogP contribution in [0.3, 0.4) is 0 Å². The van der Waals surface area contributed by atoms with E-state index in [-0.39, 0.29) is 0 Å². The lowest BCUT2D eigenvalue weighted by Gasteiger charge is -2.30. The highest BCUT2D eigenvalue weighted by molar-refractivity contribution is 7.98. The second-order valence-electron chi connectivity index (χ2n) is 5.84. The van der Waals surface area contributed by atoms with Gasteiger partial charge in [0.1, 0.15) is 5.82 Å². The summed E-state index contributed by atoms with van der Waals surface area (Å²) in [6, 6.07) is 5.57. The number of nitrogens with zero attached hydrogens (tertiary/aromatic N) is 3. The monoisotopic (exact) mass is 369 g/mol. The fourth-order valence-corrected chi connectivity index (χ4v) is 3.65.